The molecule has 0 radical (unpaired) electrons. The summed E-state index contributed by atoms with van der Waals surface area (Å²) in [5.41, 5.74) is 3.79. The molecule has 0 saturated heterocycles. The van der Waals surface area contributed by atoms with Gasteiger partial charge in [-0.05, 0) is 29.3 Å². The van der Waals surface area contributed by atoms with Gasteiger partial charge in [0.2, 0.25) is 0 Å². The maximum atomic E-state index is 5.74. The molecule has 0 unspecified atom stereocenters. The largest absolute Gasteiger partial charge is 0.493 e. The molecule has 0 atom stereocenters. The molecule has 0 saturated carbocycles. The molecule has 1 N–H and O–H groups in total. The molecule has 4 heteroatoms. The van der Waals surface area contributed by atoms with Crippen molar-refractivity contribution in [1.29, 1.82) is 0 Å². The average molecular weight is 397 g/mol. The molecule has 1 aliphatic rings. The molecule has 0 aliphatic carbocycles. The summed E-state index contributed by atoms with van der Waals surface area (Å²) in [6.45, 7) is 2.44. The minimum absolute atomic E-state index is 0.795. The highest BCUT2D eigenvalue weighted by Gasteiger charge is 2.17. The van der Waals surface area contributed by atoms with Gasteiger partial charge in [0.1, 0.15) is 5.75 Å². The Morgan fingerprint density at radius 3 is 2.70 bits per heavy atom. The van der Waals surface area contributed by atoms with Gasteiger partial charge in [0, 0.05) is 34.0 Å². The summed E-state index contributed by atoms with van der Waals surface area (Å²) in [6.07, 6.45) is 1.01. The van der Waals surface area contributed by atoms with Crippen molar-refractivity contribution in [2.45, 2.75) is 19.5 Å². The molecule has 1 aliphatic heterocycles. The first kappa shape index (κ1) is 14.1. The van der Waals surface area contributed by atoms with E-state index in [9.17, 15) is 0 Å². The fourth-order valence-corrected chi connectivity index (χ4v) is 3.43. The van der Waals surface area contributed by atoms with E-state index in [1.165, 1.54) is 16.7 Å². The third-order valence-corrected chi connectivity index (χ3v) is 4.65. The zero-order valence-electron chi connectivity index (χ0n) is 11.0. The lowest BCUT2D eigenvalue weighted by Crippen LogP contribution is -2.13. The molecule has 0 bridgehead atoms. The standard InChI is InChI=1S/C16H15Br2NO/c17-14-7-11-5-6-20-16(11)13(8-14)10-19-9-12-3-1-2-4-15(12)18/h1-4,7-8,19H,5-6,9-10H2. The lowest BCUT2D eigenvalue weighted by Gasteiger charge is -2.11. The number of ether oxygens (including phenoxy) is 1. The Bertz CT molecular complexity index is 628. The summed E-state index contributed by atoms with van der Waals surface area (Å²) in [5.74, 6) is 1.06. The monoisotopic (exact) mass is 395 g/mol. The Balaban J connectivity index is 1.69. The van der Waals surface area contributed by atoms with Crippen molar-refractivity contribution >= 4 is 31.9 Å². The lowest BCUT2D eigenvalue weighted by molar-refractivity contribution is 0.352. The summed E-state index contributed by atoms with van der Waals surface area (Å²) >= 11 is 7.15. The van der Waals surface area contributed by atoms with Gasteiger partial charge in [-0.25, -0.2) is 0 Å². The first-order valence-electron chi connectivity index (χ1n) is 6.62. The Morgan fingerprint density at radius 1 is 1.05 bits per heavy atom. The topological polar surface area (TPSA) is 21.3 Å². The van der Waals surface area contributed by atoms with Gasteiger partial charge in [0.25, 0.3) is 0 Å². The van der Waals surface area contributed by atoms with E-state index in [2.05, 4.69) is 67.5 Å². The minimum atomic E-state index is 0.795. The van der Waals surface area contributed by atoms with Crippen molar-refractivity contribution in [2.24, 2.45) is 0 Å². The highest BCUT2D eigenvalue weighted by Crippen LogP contribution is 2.32. The Kier molecular flexibility index (Phi) is 4.44. The van der Waals surface area contributed by atoms with Gasteiger partial charge in [-0.3, -0.25) is 0 Å². The molecule has 2 aromatic carbocycles. The van der Waals surface area contributed by atoms with Crippen LogP contribution in [-0.4, -0.2) is 6.61 Å². The van der Waals surface area contributed by atoms with Crippen LogP contribution in [0.15, 0.2) is 45.3 Å². The van der Waals surface area contributed by atoms with Crippen molar-refractivity contribution in [3.05, 3.63) is 62.0 Å². The highest BCUT2D eigenvalue weighted by molar-refractivity contribution is 9.10. The molecule has 0 aromatic heterocycles. The van der Waals surface area contributed by atoms with Crippen LogP contribution in [0.5, 0.6) is 5.75 Å². The second kappa shape index (κ2) is 6.29. The molecule has 3 rings (SSSR count). The summed E-state index contributed by atoms with van der Waals surface area (Å²) in [4.78, 5) is 0. The quantitative estimate of drug-likeness (QED) is 0.824. The van der Waals surface area contributed by atoms with Gasteiger partial charge in [-0.1, -0.05) is 50.1 Å². The molecule has 20 heavy (non-hydrogen) atoms. The van der Waals surface area contributed by atoms with Crippen LogP contribution in [0.3, 0.4) is 0 Å². The van der Waals surface area contributed by atoms with Crippen molar-refractivity contribution in [3.8, 4) is 5.75 Å². The Hall–Kier alpha value is -0.840. The number of benzene rings is 2. The fourth-order valence-electron chi connectivity index (χ4n) is 2.45. The first-order valence-corrected chi connectivity index (χ1v) is 8.21. The molecule has 0 amide bonds. The molecular formula is C16H15Br2NO. The van der Waals surface area contributed by atoms with Crippen LogP contribution in [0.4, 0.5) is 0 Å². The number of hydrogen-bond donors (Lipinski definition) is 1. The maximum Gasteiger partial charge on any atom is 0.127 e. The van der Waals surface area contributed by atoms with E-state index in [4.69, 9.17) is 4.74 Å². The van der Waals surface area contributed by atoms with Gasteiger partial charge in [0.15, 0.2) is 0 Å². The van der Waals surface area contributed by atoms with Crippen LogP contribution in [0.25, 0.3) is 0 Å². The van der Waals surface area contributed by atoms with Crippen LogP contribution < -0.4 is 10.1 Å². The molecule has 2 aromatic rings. The smallest absolute Gasteiger partial charge is 0.127 e. The highest BCUT2D eigenvalue weighted by atomic mass is 79.9. The van der Waals surface area contributed by atoms with Crippen molar-refractivity contribution in [1.82, 2.24) is 5.32 Å². The molecule has 104 valence electrons. The average Bonchev–Trinajstić information content (AvgIpc) is 2.89. The number of fused-ring (bicyclic) bond motifs is 1. The Labute approximate surface area is 135 Å². The van der Waals surface area contributed by atoms with Gasteiger partial charge < -0.3 is 10.1 Å². The number of nitrogens with one attached hydrogen (secondary N) is 1. The zero-order valence-corrected chi connectivity index (χ0v) is 14.1. The summed E-state index contributed by atoms with van der Waals surface area (Å²) in [6, 6.07) is 12.6. The molecule has 0 fully saturated rings. The van der Waals surface area contributed by atoms with Crippen LogP contribution in [0.2, 0.25) is 0 Å². The van der Waals surface area contributed by atoms with Gasteiger partial charge in [-0.15, -0.1) is 0 Å². The first-order chi connectivity index (χ1) is 9.74. The van der Waals surface area contributed by atoms with Crippen LogP contribution in [0, 0.1) is 0 Å². The second-order valence-corrected chi connectivity index (χ2v) is 6.62. The molecule has 1 heterocycles. The maximum absolute atomic E-state index is 5.74. The van der Waals surface area contributed by atoms with E-state index < -0.39 is 0 Å². The van der Waals surface area contributed by atoms with E-state index in [1.54, 1.807) is 0 Å². The summed E-state index contributed by atoms with van der Waals surface area (Å²) in [5, 5.41) is 3.48. The van der Waals surface area contributed by atoms with Crippen molar-refractivity contribution in [2.75, 3.05) is 6.61 Å². The van der Waals surface area contributed by atoms with E-state index in [1.807, 2.05) is 6.07 Å². The SMILES string of the molecule is Brc1cc2c(c(CNCc3ccccc3Br)c1)OCC2. The summed E-state index contributed by atoms with van der Waals surface area (Å²) in [7, 11) is 0. The molecule has 2 nitrogen and oxygen atoms in total. The molecular weight excluding hydrogens is 382 g/mol. The van der Waals surface area contributed by atoms with E-state index in [-0.39, 0.29) is 0 Å². The van der Waals surface area contributed by atoms with E-state index in [0.29, 0.717) is 0 Å². The molecule has 0 spiro atoms. The predicted molar refractivity (Wildman–Crippen MR) is 88.0 cm³/mol. The number of halogens is 2. The second-order valence-electron chi connectivity index (χ2n) is 4.85. The van der Waals surface area contributed by atoms with E-state index in [0.717, 1.165) is 40.8 Å². The zero-order chi connectivity index (χ0) is 13.9. The lowest BCUT2D eigenvalue weighted by atomic mass is 10.1. The van der Waals surface area contributed by atoms with Crippen LogP contribution in [-0.2, 0) is 19.5 Å². The van der Waals surface area contributed by atoms with Crippen LogP contribution >= 0.6 is 31.9 Å². The van der Waals surface area contributed by atoms with Crippen molar-refractivity contribution < 1.29 is 4.74 Å². The number of rotatable bonds is 4. The van der Waals surface area contributed by atoms with Crippen molar-refractivity contribution in [3.63, 3.8) is 0 Å². The normalized spacial score (nSPS) is 13.1. The fraction of sp³-hybridized carbons (Fsp3) is 0.250. The van der Waals surface area contributed by atoms with Gasteiger partial charge in [-0.2, -0.15) is 0 Å². The minimum Gasteiger partial charge on any atom is -0.493 e. The summed E-state index contributed by atoms with van der Waals surface area (Å²) < 4.78 is 8.01. The third kappa shape index (κ3) is 3.08. The van der Waals surface area contributed by atoms with Gasteiger partial charge in [0.05, 0.1) is 6.61 Å². The van der Waals surface area contributed by atoms with E-state index >= 15 is 0 Å². The predicted octanol–water partition coefficient (Wildman–Crippen LogP) is 4.44. The Morgan fingerprint density at radius 2 is 1.85 bits per heavy atom. The number of hydrogen-bond acceptors (Lipinski definition) is 2. The third-order valence-electron chi connectivity index (χ3n) is 3.41. The van der Waals surface area contributed by atoms with Gasteiger partial charge >= 0.3 is 0 Å². The van der Waals surface area contributed by atoms with Crippen LogP contribution in [0.1, 0.15) is 16.7 Å².